The van der Waals surface area contributed by atoms with Gasteiger partial charge in [0.05, 0.1) is 24.9 Å². The second-order valence-corrected chi connectivity index (χ2v) is 3.85. The van der Waals surface area contributed by atoms with E-state index in [9.17, 15) is 0 Å². The number of nitrogens with one attached hydrogen (secondary N) is 1. The Hall–Kier alpha value is -2.61. The van der Waals surface area contributed by atoms with E-state index in [4.69, 9.17) is 10.00 Å². The number of nitriles is 1. The second kappa shape index (κ2) is 6.36. The van der Waals surface area contributed by atoms with Crippen LogP contribution in [0.25, 0.3) is 0 Å². The van der Waals surface area contributed by atoms with Crippen molar-refractivity contribution >= 4 is 5.82 Å². The third-order valence-electron chi connectivity index (χ3n) is 2.40. The molecular weight excluding hydrogens is 240 g/mol. The molecule has 0 fully saturated rings. The minimum Gasteiger partial charge on any atom is -0.437 e. The van der Waals surface area contributed by atoms with Gasteiger partial charge in [0.2, 0.25) is 5.88 Å². The highest BCUT2D eigenvalue weighted by molar-refractivity contribution is 5.35. The molecule has 1 heterocycles. The molecule has 1 aromatic heterocycles. The van der Waals surface area contributed by atoms with E-state index in [2.05, 4.69) is 21.4 Å². The molecular formula is C14H14N4O. The van der Waals surface area contributed by atoms with Crippen molar-refractivity contribution in [1.29, 1.82) is 5.26 Å². The van der Waals surface area contributed by atoms with E-state index in [0.29, 0.717) is 23.9 Å². The lowest BCUT2D eigenvalue weighted by atomic mass is 10.2. The van der Waals surface area contributed by atoms with Gasteiger partial charge in [0, 0.05) is 6.54 Å². The van der Waals surface area contributed by atoms with Gasteiger partial charge in [-0.2, -0.15) is 10.2 Å². The topological polar surface area (TPSA) is 70.8 Å². The fraction of sp³-hybridized carbons (Fsp3) is 0.214. The second-order valence-electron chi connectivity index (χ2n) is 3.85. The molecule has 0 spiro atoms. The van der Waals surface area contributed by atoms with Crippen molar-refractivity contribution in [2.45, 2.75) is 13.3 Å². The Kier molecular flexibility index (Phi) is 4.29. The summed E-state index contributed by atoms with van der Waals surface area (Å²) in [5.41, 5.74) is 0.960. The Balaban J connectivity index is 2.08. The lowest BCUT2D eigenvalue weighted by molar-refractivity contribution is 0.461. The summed E-state index contributed by atoms with van der Waals surface area (Å²) in [6.07, 6.45) is 3.60. The summed E-state index contributed by atoms with van der Waals surface area (Å²) in [5.74, 6) is 1.79. The SMILES string of the molecule is CCNc1cncc(Oc2ccc(CC#N)cc2)n1. The number of nitrogens with zero attached hydrogens (tertiary/aromatic N) is 3. The average Bonchev–Trinajstić information content (AvgIpc) is 2.42. The summed E-state index contributed by atoms with van der Waals surface area (Å²) in [6, 6.07) is 9.45. The first-order valence-electron chi connectivity index (χ1n) is 6.01. The van der Waals surface area contributed by atoms with Crippen LogP contribution in [0.1, 0.15) is 12.5 Å². The van der Waals surface area contributed by atoms with E-state index in [1.165, 1.54) is 0 Å². The van der Waals surface area contributed by atoms with Crippen molar-refractivity contribution in [1.82, 2.24) is 9.97 Å². The van der Waals surface area contributed by atoms with Crippen LogP contribution in [-0.4, -0.2) is 16.5 Å². The van der Waals surface area contributed by atoms with Crippen molar-refractivity contribution in [3.05, 3.63) is 42.2 Å². The van der Waals surface area contributed by atoms with Gasteiger partial charge in [0.1, 0.15) is 11.6 Å². The predicted octanol–water partition coefficient (Wildman–Crippen LogP) is 2.77. The maximum absolute atomic E-state index is 8.60. The number of hydrogen-bond donors (Lipinski definition) is 1. The minimum absolute atomic E-state index is 0.399. The standard InChI is InChI=1S/C14H14N4O/c1-2-17-13-9-16-10-14(18-13)19-12-5-3-11(4-6-12)7-8-15/h3-6,9-10H,2,7H2,1H3,(H,17,18). The first-order valence-corrected chi connectivity index (χ1v) is 6.01. The first-order chi connectivity index (χ1) is 9.31. The van der Waals surface area contributed by atoms with Gasteiger partial charge in [-0.25, -0.2) is 0 Å². The maximum atomic E-state index is 8.60. The molecule has 0 amide bonds. The third-order valence-corrected chi connectivity index (χ3v) is 2.40. The summed E-state index contributed by atoms with van der Waals surface area (Å²) >= 11 is 0. The van der Waals surface area contributed by atoms with E-state index in [-0.39, 0.29) is 0 Å². The third kappa shape index (κ3) is 3.68. The molecule has 0 atom stereocenters. The van der Waals surface area contributed by atoms with Gasteiger partial charge in [-0.05, 0) is 24.6 Å². The van der Waals surface area contributed by atoms with Crippen molar-refractivity contribution < 1.29 is 4.74 Å². The van der Waals surface area contributed by atoms with E-state index in [0.717, 1.165) is 12.1 Å². The zero-order valence-corrected chi connectivity index (χ0v) is 10.6. The van der Waals surface area contributed by atoms with Crippen LogP contribution in [0, 0.1) is 11.3 Å². The molecule has 0 radical (unpaired) electrons. The normalized spacial score (nSPS) is 9.68. The van der Waals surface area contributed by atoms with Crippen LogP contribution in [0.2, 0.25) is 0 Å². The molecule has 5 heteroatoms. The molecule has 0 aliphatic heterocycles. The lowest BCUT2D eigenvalue weighted by Gasteiger charge is -2.07. The zero-order valence-electron chi connectivity index (χ0n) is 10.6. The summed E-state index contributed by atoms with van der Waals surface area (Å²) in [7, 11) is 0. The molecule has 0 bridgehead atoms. The molecule has 5 nitrogen and oxygen atoms in total. The fourth-order valence-corrected chi connectivity index (χ4v) is 1.55. The number of benzene rings is 1. The van der Waals surface area contributed by atoms with Gasteiger partial charge in [0.25, 0.3) is 0 Å². The largest absolute Gasteiger partial charge is 0.437 e. The van der Waals surface area contributed by atoms with Crippen molar-refractivity contribution in [2.75, 3.05) is 11.9 Å². The quantitative estimate of drug-likeness (QED) is 0.888. The monoisotopic (exact) mass is 254 g/mol. The molecule has 19 heavy (non-hydrogen) atoms. The van der Waals surface area contributed by atoms with Crippen LogP contribution < -0.4 is 10.1 Å². The van der Waals surface area contributed by atoms with E-state index >= 15 is 0 Å². The van der Waals surface area contributed by atoms with Crippen LogP contribution in [0.4, 0.5) is 5.82 Å². The summed E-state index contributed by atoms with van der Waals surface area (Å²) in [4.78, 5) is 8.32. The van der Waals surface area contributed by atoms with Gasteiger partial charge in [0.15, 0.2) is 0 Å². The minimum atomic E-state index is 0.399. The van der Waals surface area contributed by atoms with Gasteiger partial charge in [-0.3, -0.25) is 4.98 Å². The van der Waals surface area contributed by atoms with Gasteiger partial charge < -0.3 is 10.1 Å². The molecule has 2 aromatic rings. The van der Waals surface area contributed by atoms with Crippen molar-refractivity contribution in [3.8, 4) is 17.7 Å². The highest BCUT2D eigenvalue weighted by atomic mass is 16.5. The molecule has 1 aromatic carbocycles. The van der Waals surface area contributed by atoms with E-state index in [1.54, 1.807) is 12.4 Å². The van der Waals surface area contributed by atoms with Gasteiger partial charge in [-0.1, -0.05) is 12.1 Å². The summed E-state index contributed by atoms with van der Waals surface area (Å²) in [5, 5.41) is 11.7. The average molecular weight is 254 g/mol. The lowest BCUT2D eigenvalue weighted by Crippen LogP contribution is -2.00. The highest BCUT2D eigenvalue weighted by Gasteiger charge is 2.01. The Morgan fingerprint density at radius 1 is 1.26 bits per heavy atom. The molecule has 0 aliphatic rings. The Morgan fingerprint density at radius 3 is 2.74 bits per heavy atom. The molecule has 96 valence electrons. The molecule has 0 saturated heterocycles. The number of ether oxygens (including phenoxy) is 1. The van der Waals surface area contributed by atoms with E-state index < -0.39 is 0 Å². The predicted molar refractivity (Wildman–Crippen MR) is 72.0 cm³/mol. The Labute approximate surface area is 111 Å². The highest BCUT2D eigenvalue weighted by Crippen LogP contribution is 2.20. The van der Waals surface area contributed by atoms with Gasteiger partial charge >= 0.3 is 0 Å². The maximum Gasteiger partial charge on any atom is 0.239 e. The molecule has 0 aliphatic carbocycles. The number of aromatic nitrogens is 2. The molecule has 1 N–H and O–H groups in total. The first kappa shape index (κ1) is 12.8. The van der Waals surface area contributed by atoms with E-state index in [1.807, 2.05) is 31.2 Å². The van der Waals surface area contributed by atoms with Crippen LogP contribution in [0.5, 0.6) is 11.6 Å². The molecule has 2 rings (SSSR count). The number of rotatable bonds is 5. The van der Waals surface area contributed by atoms with Crippen LogP contribution in [0.15, 0.2) is 36.7 Å². The van der Waals surface area contributed by atoms with Crippen LogP contribution >= 0.6 is 0 Å². The van der Waals surface area contributed by atoms with Crippen molar-refractivity contribution in [3.63, 3.8) is 0 Å². The fourth-order valence-electron chi connectivity index (χ4n) is 1.55. The van der Waals surface area contributed by atoms with Crippen LogP contribution in [0.3, 0.4) is 0 Å². The Bertz CT molecular complexity index is 575. The molecule has 0 saturated carbocycles. The smallest absolute Gasteiger partial charge is 0.239 e. The summed E-state index contributed by atoms with van der Waals surface area (Å²) in [6.45, 7) is 2.77. The van der Waals surface area contributed by atoms with Crippen molar-refractivity contribution in [2.24, 2.45) is 0 Å². The molecule has 0 unspecified atom stereocenters. The van der Waals surface area contributed by atoms with Crippen LogP contribution in [-0.2, 0) is 6.42 Å². The Morgan fingerprint density at radius 2 is 2.05 bits per heavy atom. The van der Waals surface area contributed by atoms with Gasteiger partial charge in [-0.15, -0.1) is 0 Å². The summed E-state index contributed by atoms with van der Waals surface area (Å²) < 4.78 is 5.60. The number of anilines is 1. The zero-order chi connectivity index (χ0) is 13.5. The number of hydrogen-bond acceptors (Lipinski definition) is 5.